The number of hydrogen-bond donors (Lipinski definition) is 2. The molecule has 3 rings (SSSR count). The van der Waals surface area contributed by atoms with E-state index in [-0.39, 0.29) is 17.7 Å². The lowest BCUT2D eigenvalue weighted by Crippen LogP contribution is -2.62. The number of aliphatic hydroxyl groups excluding tert-OH is 1. The number of hydrogen-bond acceptors (Lipinski definition) is 4. The van der Waals surface area contributed by atoms with Gasteiger partial charge >= 0.3 is 0 Å². The monoisotopic (exact) mass is 337 g/mol. The number of nitrogens with one attached hydrogen (secondary N) is 1. The zero-order valence-corrected chi connectivity index (χ0v) is 14.1. The normalized spacial score (nSPS) is 30.8. The van der Waals surface area contributed by atoms with Crippen molar-refractivity contribution in [2.75, 3.05) is 32.7 Å². The topological polar surface area (TPSA) is 90.0 Å². The van der Waals surface area contributed by atoms with Crippen LogP contribution in [0, 0.1) is 5.41 Å². The second kappa shape index (κ2) is 7.09. The lowest BCUT2D eigenvalue weighted by atomic mass is 9.71. The number of aliphatic hydroxyl groups is 1. The minimum Gasteiger partial charge on any atom is -0.392 e. The summed E-state index contributed by atoms with van der Waals surface area (Å²) in [6.07, 6.45) is 3.81. The van der Waals surface area contributed by atoms with Crippen LogP contribution in [0.15, 0.2) is 0 Å². The highest BCUT2D eigenvalue weighted by atomic mass is 16.3. The Bertz CT molecular complexity index is 524. The number of carbonyl (C=O) groups excluding carboxylic acids is 3. The molecule has 3 saturated heterocycles. The van der Waals surface area contributed by atoms with Crippen LogP contribution in [-0.2, 0) is 14.4 Å². The van der Waals surface area contributed by atoms with Gasteiger partial charge < -0.3 is 20.2 Å². The van der Waals surface area contributed by atoms with Gasteiger partial charge in [-0.3, -0.25) is 14.4 Å². The summed E-state index contributed by atoms with van der Waals surface area (Å²) in [5, 5.41) is 13.2. The third-order valence-corrected chi connectivity index (χ3v) is 5.66. The standard InChI is InChI=1S/C17H27N3O4/c21-13-6-11-20(12-17(13)7-3-8-18-16(17)24)15(23)5-2-10-19-9-1-4-14(19)22/h13,21H,1-12H2,(H,18,24)/t13-,17+/m0/s1. The van der Waals surface area contributed by atoms with E-state index < -0.39 is 11.5 Å². The minimum absolute atomic E-state index is 0.0197. The molecule has 3 heterocycles. The molecule has 1 spiro atoms. The second-order valence-corrected chi connectivity index (χ2v) is 7.22. The Morgan fingerprint density at radius 3 is 2.83 bits per heavy atom. The molecule has 0 aromatic carbocycles. The molecule has 0 aliphatic carbocycles. The van der Waals surface area contributed by atoms with E-state index in [9.17, 15) is 19.5 Å². The van der Waals surface area contributed by atoms with Gasteiger partial charge in [-0.15, -0.1) is 0 Å². The van der Waals surface area contributed by atoms with Crippen LogP contribution >= 0.6 is 0 Å². The van der Waals surface area contributed by atoms with Crippen LogP contribution in [0.5, 0.6) is 0 Å². The van der Waals surface area contributed by atoms with E-state index in [1.807, 2.05) is 4.90 Å². The maximum atomic E-state index is 12.5. The number of likely N-dealkylation sites (tertiary alicyclic amines) is 2. The summed E-state index contributed by atoms with van der Waals surface area (Å²) in [7, 11) is 0. The van der Waals surface area contributed by atoms with Crippen LogP contribution in [0.2, 0.25) is 0 Å². The third kappa shape index (κ3) is 3.27. The molecule has 0 radical (unpaired) electrons. The lowest BCUT2D eigenvalue weighted by Gasteiger charge is -2.46. The molecule has 24 heavy (non-hydrogen) atoms. The van der Waals surface area contributed by atoms with E-state index in [1.54, 1.807) is 4.90 Å². The van der Waals surface area contributed by atoms with E-state index >= 15 is 0 Å². The molecule has 0 aromatic heterocycles. The first-order valence-electron chi connectivity index (χ1n) is 9.05. The molecule has 3 aliphatic heterocycles. The second-order valence-electron chi connectivity index (χ2n) is 7.22. The van der Waals surface area contributed by atoms with Crippen molar-refractivity contribution in [2.45, 2.75) is 51.0 Å². The molecule has 7 heteroatoms. The molecule has 3 aliphatic rings. The van der Waals surface area contributed by atoms with Gasteiger partial charge in [0, 0.05) is 45.6 Å². The Labute approximate surface area is 142 Å². The SMILES string of the molecule is O=C1CCCN1CCCC(=O)N1CC[C@H](O)[C@@]2(CCCNC2=O)C1. The number of nitrogens with zero attached hydrogens (tertiary/aromatic N) is 2. The molecule has 2 atom stereocenters. The van der Waals surface area contributed by atoms with Crippen LogP contribution in [0.4, 0.5) is 0 Å². The Balaban J connectivity index is 1.53. The van der Waals surface area contributed by atoms with Gasteiger partial charge in [0.1, 0.15) is 0 Å². The van der Waals surface area contributed by atoms with Gasteiger partial charge in [-0.05, 0) is 32.1 Å². The van der Waals surface area contributed by atoms with Crippen molar-refractivity contribution in [3.63, 3.8) is 0 Å². The lowest BCUT2D eigenvalue weighted by molar-refractivity contribution is -0.155. The van der Waals surface area contributed by atoms with E-state index in [0.29, 0.717) is 58.3 Å². The smallest absolute Gasteiger partial charge is 0.230 e. The Hall–Kier alpha value is -1.63. The first-order valence-corrected chi connectivity index (χ1v) is 9.05. The number of rotatable bonds is 4. The average molecular weight is 337 g/mol. The fourth-order valence-corrected chi connectivity index (χ4v) is 4.18. The predicted octanol–water partition coefficient (Wildman–Crippen LogP) is -0.121. The average Bonchev–Trinajstić information content (AvgIpc) is 2.98. The maximum absolute atomic E-state index is 12.5. The zero-order chi connectivity index (χ0) is 17.2. The summed E-state index contributed by atoms with van der Waals surface area (Å²) in [4.78, 5) is 40.0. The number of carbonyl (C=O) groups is 3. The van der Waals surface area contributed by atoms with E-state index in [2.05, 4.69) is 5.32 Å². The largest absolute Gasteiger partial charge is 0.392 e. The highest BCUT2D eigenvalue weighted by Gasteiger charge is 2.50. The van der Waals surface area contributed by atoms with Crippen LogP contribution in [0.1, 0.15) is 44.9 Å². The molecule has 7 nitrogen and oxygen atoms in total. The van der Waals surface area contributed by atoms with Gasteiger partial charge in [-0.1, -0.05) is 0 Å². The van der Waals surface area contributed by atoms with Crippen molar-refractivity contribution in [1.82, 2.24) is 15.1 Å². The van der Waals surface area contributed by atoms with E-state index in [1.165, 1.54) is 0 Å². The zero-order valence-electron chi connectivity index (χ0n) is 14.1. The predicted molar refractivity (Wildman–Crippen MR) is 86.9 cm³/mol. The summed E-state index contributed by atoms with van der Waals surface area (Å²) in [5.41, 5.74) is -0.836. The van der Waals surface area contributed by atoms with Gasteiger partial charge in [-0.2, -0.15) is 0 Å². The fourth-order valence-electron chi connectivity index (χ4n) is 4.18. The molecule has 0 aromatic rings. The molecule has 0 unspecified atom stereocenters. The molecule has 3 amide bonds. The minimum atomic E-state index is -0.836. The maximum Gasteiger partial charge on any atom is 0.230 e. The van der Waals surface area contributed by atoms with Gasteiger partial charge in [0.05, 0.1) is 11.5 Å². The molecule has 2 N–H and O–H groups in total. The number of piperidine rings is 2. The molecule has 0 saturated carbocycles. The molecular formula is C17H27N3O4. The molecular weight excluding hydrogens is 310 g/mol. The van der Waals surface area contributed by atoms with Crippen molar-refractivity contribution in [3.05, 3.63) is 0 Å². The van der Waals surface area contributed by atoms with Crippen LogP contribution in [0.25, 0.3) is 0 Å². The van der Waals surface area contributed by atoms with Crippen molar-refractivity contribution in [2.24, 2.45) is 5.41 Å². The van der Waals surface area contributed by atoms with Gasteiger partial charge in [0.25, 0.3) is 0 Å². The van der Waals surface area contributed by atoms with Crippen molar-refractivity contribution < 1.29 is 19.5 Å². The Kier molecular flexibility index (Phi) is 5.08. The number of amides is 3. The summed E-state index contributed by atoms with van der Waals surface area (Å²) in [6.45, 7) is 2.88. The Morgan fingerprint density at radius 2 is 2.12 bits per heavy atom. The van der Waals surface area contributed by atoms with E-state index in [0.717, 1.165) is 19.4 Å². The third-order valence-electron chi connectivity index (χ3n) is 5.66. The van der Waals surface area contributed by atoms with Crippen molar-refractivity contribution in [1.29, 1.82) is 0 Å². The van der Waals surface area contributed by atoms with Crippen LogP contribution < -0.4 is 5.32 Å². The van der Waals surface area contributed by atoms with Crippen LogP contribution in [0.3, 0.4) is 0 Å². The molecule has 0 bridgehead atoms. The molecule has 3 fully saturated rings. The highest BCUT2D eigenvalue weighted by molar-refractivity contribution is 5.86. The first-order chi connectivity index (χ1) is 11.5. The van der Waals surface area contributed by atoms with Crippen molar-refractivity contribution in [3.8, 4) is 0 Å². The summed E-state index contributed by atoms with van der Waals surface area (Å²) >= 11 is 0. The van der Waals surface area contributed by atoms with Gasteiger partial charge in [-0.25, -0.2) is 0 Å². The quantitative estimate of drug-likeness (QED) is 0.748. The Morgan fingerprint density at radius 1 is 1.29 bits per heavy atom. The summed E-state index contributed by atoms with van der Waals surface area (Å²) in [5.74, 6) is 0.0779. The fraction of sp³-hybridized carbons (Fsp3) is 0.824. The highest BCUT2D eigenvalue weighted by Crippen LogP contribution is 2.37. The van der Waals surface area contributed by atoms with Crippen LogP contribution in [-0.4, -0.2) is 71.5 Å². The first kappa shape index (κ1) is 17.2. The van der Waals surface area contributed by atoms with Gasteiger partial charge in [0.15, 0.2) is 0 Å². The van der Waals surface area contributed by atoms with Crippen molar-refractivity contribution >= 4 is 17.7 Å². The van der Waals surface area contributed by atoms with E-state index in [4.69, 9.17) is 0 Å². The summed E-state index contributed by atoms with van der Waals surface area (Å²) < 4.78 is 0. The summed E-state index contributed by atoms with van der Waals surface area (Å²) in [6, 6.07) is 0. The van der Waals surface area contributed by atoms with Gasteiger partial charge in [0.2, 0.25) is 17.7 Å². The molecule has 134 valence electrons.